The number of carboxylic acid groups (broad SMARTS) is 1. The van der Waals surface area contributed by atoms with Crippen LogP contribution in [0.2, 0.25) is 0 Å². The number of hydrogen-bond acceptors (Lipinski definition) is 5. The first-order valence-electron chi connectivity index (χ1n) is 5.02. The third kappa shape index (κ3) is 3.37. The summed E-state index contributed by atoms with van der Waals surface area (Å²) in [7, 11) is 1.37. The zero-order valence-electron chi connectivity index (χ0n) is 9.77. The molecule has 0 saturated carbocycles. The summed E-state index contributed by atoms with van der Waals surface area (Å²) in [5.74, 6) is -3.20. The summed E-state index contributed by atoms with van der Waals surface area (Å²) >= 11 is 0. The maximum Gasteiger partial charge on any atom is 0.338 e. The lowest BCUT2D eigenvalue weighted by molar-refractivity contribution is -0.384. The molecule has 0 fully saturated rings. The molecule has 0 aliphatic carbocycles. The van der Waals surface area contributed by atoms with E-state index in [1.165, 1.54) is 7.05 Å². The topological polar surface area (TPSA) is 122 Å². The number of benzene rings is 1. The Kier molecular flexibility index (Phi) is 4.35. The Morgan fingerprint density at radius 1 is 1.47 bits per heavy atom. The van der Waals surface area contributed by atoms with Gasteiger partial charge in [-0.2, -0.15) is 0 Å². The second-order valence-corrected chi connectivity index (χ2v) is 3.44. The number of carbonyl (C=O) groups is 2. The summed E-state index contributed by atoms with van der Waals surface area (Å²) in [5.41, 5.74) is -1.70. The fourth-order valence-corrected chi connectivity index (χ4v) is 1.28. The maximum atomic E-state index is 13.4. The van der Waals surface area contributed by atoms with Gasteiger partial charge in [-0.05, 0) is 0 Å². The summed E-state index contributed by atoms with van der Waals surface area (Å²) in [5, 5.41) is 24.1. The number of carboxylic acids is 1. The van der Waals surface area contributed by atoms with Gasteiger partial charge in [0.2, 0.25) is 5.91 Å². The quantitative estimate of drug-likeness (QED) is 0.532. The van der Waals surface area contributed by atoms with Crippen LogP contribution in [0.15, 0.2) is 12.1 Å². The first-order valence-corrected chi connectivity index (χ1v) is 5.02. The molecule has 1 amide bonds. The minimum Gasteiger partial charge on any atom is -0.478 e. The summed E-state index contributed by atoms with van der Waals surface area (Å²) in [6.07, 6.45) is 0. The second kappa shape index (κ2) is 5.76. The summed E-state index contributed by atoms with van der Waals surface area (Å²) < 4.78 is 13.4. The molecule has 3 N–H and O–H groups in total. The van der Waals surface area contributed by atoms with Crippen LogP contribution < -0.4 is 10.6 Å². The molecule has 0 spiro atoms. The molecule has 1 aromatic rings. The van der Waals surface area contributed by atoms with Crippen molar-refractivity contribution in [3.05, 3.63) is 33.6 Å². The second-order valence-electron chi connectivity index (χ2n) is 3.44. The van der Waals surface area contributed by atoms with Crippen LogP contribution in [-0.4, -0.2) is 35.5 Å². The smallest absolute Gasteiger partial charge is 0.338 e. The first-order chi connectivity index (χ1) is 8.86. The molecule has 0 bridgehead atoms. The predicted octanol–water partition coefficient (Wildman–Crippen LogP) is 0.590. The zero-order valence-corrected chi connectivity index (χ0v) is 9.77. The molecule has 1 rings (SSSR count). The molecule has 0 aliphatic heterocycles. The first kappa shape index (κ1) is 14.4. The Morgan fingerprint density at radius 3 is 2.58 bits per heavy atom. The summed E-state index contributed by atoms with van der Waals surface area (Å²) in [6, 6.07) is 1.27. The van der Waals surface area contributed by atoms with Crippen molar-refractivity contribution in [2.45, 2.75) is 0 Å². The van der Waals surface area contributed by atoms with Gasteiger partial charge in [-0.25, -0.2) is 9.18 Å². The van der Waals surface area contributed by atoms with Crippen molar-refractivity contribution < 1.29 is 24.0 Å². The largest absolute Gasteiger partial charge is 0.478 e. The molecule has 0 atom stereocenters. The number of aromatic carboxylic acids is 1. The Morgan fingerprint density at radius 2 is 2.11 bits per heavy atom. The highest BCUT2D eigenvalue weighted by Crippen LogP contribution is 2.27. The molecule has 0 saturated heterocycles. The monoisotopic (exact) mass is 271 g/mol. The van der Waals surface area contributed by atoms with Crippen molar-refractivity contribution in [2.24, 2.45) is 0 Å². The van der Waals surface area contributed by atoms with Gasteiger partial charge in [-0.1, -0.05) is 0 Å². The zero-order chi connectivity index (χ0) is 14.6. The van der Waals surface area contributed by atoms with E-state index in [0.717, 1.165) is 0 Å². The normalized spacial score (nSPS) is 9.79. The van der Waals surface area contributed by atoms with E-state index in [0.29, 0.717) is 12.1 Å². The molecule has 0 unspecified atom stereocenters. The Hall–Kier alpha value is -2.71. The highest BCUT2D eigenvalue weighted by Gasteiger charge is 2.22. The Labute approximate surface area is 106 Å². The molecule has 8 nitrogen and oxygen atoms in total. The fraction of sp³-hybridized carbons (Fsp3) is 0.200. The SMILES string of the molecule is CNC(=O)CNc1cc(F)c(C(=O)O)cc1[N+](=O)[O-]. The predicted molar refractivity (Wildman–Crippen MR) is 62.6 cm³/mol. The lowest BCUT2D eigenvalue weighted by Crippen LogP contribution is -2.26. The van der Waals surface area contributed by atoms with Crippen molar-refractivity contribution in [1.29, 1.82) is 0 Å². The van der Waals surface area contributed by atoms with Gasteiger partial charge in [0.15, 0.2) is 0 Å². The van der Waals surface area contributed by atoms with E-state index in [4.69, 9.17) is 5.11 Å². The van der Waals surface area contributed by atoms with E-state index in [9.17, 15) is 24.1 Å². The number of nitrogens with zero attached hydrogens (tertiary/aromatic N) is 1. The van der Waals surface area contributed by atoms with Gasteiger partial charge in [0.1, 0.15) is 17.1 Å². The standard InChI is InChI=1S/C10H10FN3O5/c1-12-9(15)4-13-7-3-6(11)5(10(16)17)2-8(7)14(18)19/h2-3,13H,4H2,1H3,(H,12,15)(H,16,17). The van der Waals surface area contributed by atoms with E-state index in [-0.39, 0.29) is 12.2 Å². The number of nitro benzene ring substituents is 1. The van der Waals surface area contributed by atoms with Gasteiger partial charge < -0.3 is 15.7 Å². The maximum absolute atomic E-state index is 13.4. The van der Waals surface area contributed by atoms with Gasteiger partial charge >= 0.3 is 5.97 Å². The van der Waals surface area contributed by atoms with Crippen LogP contribution in [0.1, 0.15) is 10.4 Å². The van der Waals surface area contributed by atoms with Crippen molar-refractivity contribution in [3.8, 4) is 0 Å². The van der Waals surface area contributed by atoms with Gasteiger partial charge in [0.05, 0.1) is 11.5 Å². The number of nitrogens with one attached hydrogen (secondary N) is 2. The number of halogens is 1. The van der Waals surface area contributed by atoms with E-state index in [1.807, 2.05) is 0 Å². The number of hydrogen-bond donors (Lipinski definition) is 3. The minimum atomic E-state index is -1.61. The molecular formula is C10H10FN3O5. The highest BCUT2D eigenvalue weighted by atomic mass is 19.1. The molecular weight excluding hydrogens is 261 g/mol. The van der Waals surface area contributed by atoms with Crippen LogP contribution in [0.4, 0.5) is 15.8 Å². The number of rotatable bonds is 5. The van der Waals surface area contributed by atoms with Crippen molar-refractivity contribution >= 4 is 23.3 Å². The van der Waals surface area contributed by atoms with Gasteiger partial charge in [-0.15, -0.1) is 0 Å². The molecule has 102 valence electrons. The van der Waals surface area contributed by atoms with Crippen LogP contribution in [0.5, 0.6) is 0 Å². The van der Waals surface area contributed by atoms with Crippen molar-refractivity contribution in [1.82, 2.24) is 5.32 Å². The fourth-order valence-electron chi connectivity index (χ4n) is 1.28. The molecule has 19 heavy (non-hydrogen) atoms. The highest BCUT2D eigenvalue weighted by molar-refractivity contribution is 5.90. The Balaban J connectivity index is 3.16. The van der Waals surface area contributed by atoms with Gasteiger partial charge in [0, 0.05) is 19.2 Å². The third-order valence-electron chi connectivity index (χ3n) is 2.23. The Bertz CT molecular complexity index is 546. The number of likely N-dealkylation sites (N-methyl/N-ethyl adjacent to an activating group) is 1. The molecule has 0 heterocycles. The van der Waals surface area contributed by atoms with Crippen molar-refractivity contribution in [2.75, 3.05) is 18.9 Å². The van der Waals surface area contributed by atoms with Crippen LogP contribution >= 0.6 is 0 Å². The van der Waals surface area contributed by atoms with E-state index >= 15 is 0 Å². The summed E-state index contributed by atoms with van der Waals surface area (Å²) in [6.45, 7) is -0.302. The third-order valence-corrected chi connectivity index (χ3v) is 2.23. The van der Waals surface area contributed by atoms with Crippen molar-refractivity contribution in [3.63, 3.8) is 0 Å². The van der Waals surface area contributed by atoms with Gasteiger partial charge in [0.25, 0.3) is 5.69 Å². The molecule has 0 aliphatic rings. The van der Waals surface area contributed by atoms with E-state index in [1.54, 1.807) is 0 Å². The average molecular weight is 271 g/mol. The van der Waals surface area contributed by atoms with Crippen LogP contribution in [0.3, 0.4) is 0 Å². The lowest BCUT2D eigenvalue weighted by atomic mass is 10.1. The van der Waals surface area contributed by atoms with Crippen LogP contribution in [0, 0.1) is 15.9 Å². The molecule has 0 aromatic heterocycles. The number of amides is 1. The molecule has 9 heteroatoms. The molecule has 1 aromatic carbocycles. The van der Waals surface area contributed by atoms with Gasteiger partial charge in [-0.3, -0.25) is 14.9 Å². The average Bonchev–Trinajstić information content (AvgIpc) is 2.34. The molecule has 0 radical (unpaired) electrons. The van der Waals surface area contributed by atoms with E-state index < -0.39 is 33.9 Å². The van der Waals surface area contributed by atoms with Crippen LogP contribution in [-0.2, 0) is 4.79 Å². The number of carbonyl (C=O) groups excluding carboxylic acids is 1. The lowest BCUT2D eigenvalue weighted by Gasteiger charge is -2.07. The number of nitro groups is 1. The number of anilines is 1. The summed E-state index contributed by atoms with van der Waals surface area (Å²) in [4.78, 5) is 31.6. The van der Waals surface area contributed by atoms with Crippen LogP contribution in [0.25, 0.3) is 0 Å². The van der Waals surface area contributed by atoms with E-state index in [2.05, 4.69) is 10.6 Å². The minimum absolute atomic E-state index is 0.267.